The van der Waals surface area contributed by atoms with Crippen LogP contribution in [0.25, 0.3) is 0 Å². The Bertz CT molecular complexity index is 1850. The molecule has 0 bridgehead atoms. The fourth-order valence-corrected chi connectivity index (χ4v) is 12.9. The van der Waals surface area contributed by atoms with Gasteiger partial charge < -0.3 is 33.8 Å². The van der Waals surface area contributed by atoms with Gasteiger partial charge in [0.25, 0.3) is 0 Å². The smallest absolute Gasteiger partial charge is 0.462 e. The third-order valence-corrected chi connectivity index (χ3v) is 19.6. The summed E-state index contributed by atoms with van der Waals surface area (Å²) in [5, 5.41) is 10.6. The molecule has 19 heteroatoms. The van der Waals surface area contributed by atoms with Gasteiger partial charge in [0, 0.05) is 25.7 Å². The molecule has 0 saturated carbocycles. The van der Waals surface area contributed by atoms with Gasteiger partial charge in [-0.1, -0.05) is 325 Å². The number of aliphatic hydroxyl groups excluding tert-OH is 1. The van der Waals surface area contributed by atoms with Gasteiger partial charge in [0.2, 0.25) is 0 Å². The maximum absolute atomic E-state index is 13.1. The van der Waals surface area contributed by atoms with Crippen molar-refractivity contribution in [1.82, 2.24) is 0 Å². The van der Waals surface area contributed by atoms with Gasteiger partial charge in [0.15, 0.2) is 12.2 Å². The molecule has 0 aromatic rings. The van der Waals surface area contributed by atoms with Gasteiger partial charge >= 0.3 is 39.5 Å². The number of unbranched alkanes of at least 4 members (excludes halogenated alkanes) is 37. The van der Waals surface area contributed by atoms with Crippen LogP contribution in [0.3, 0.4) is 0 Å². The minimum absolute atomic E-state index is 0.106. The third-order valence-electron chi connectivity index (χ3n) is 17.7. The molecule has 0 aromatic heterocycles. The number of rotatable bonds is 72. The summed E-state index contributed by atoms with van der Waals surface area (Å²) >= 11 is 0. The molecule has 94 heavy (non-hydrogen) atoms. The minimum atomic E-state index is -4.96. The van der Waals surface area contributed by atoms with Crippen molar-refractivity contribution in [3.05, 3.63) is 0 Å². The van der Waals surface area contributed by atoms with E-state index in [1.54, 1.807) is 0 Å². The van der Waals surface area contributed by atoms with Gasteiger partial charge in [-0.05, 0) is 49.4 Å². The highest BCUT2D eigenvalue weighted by Gasteiger charge is 2.30. The number of phosphoric ester groups is 2. The van der Waals surface area contributed by atoms with Crippen molar-refractivity contribution in [2.75, 3.05) is 39.6 Å². The second-order valence-corrected chi connectivity index (χ2v) is 31.6. The summed E-state index contributed by atoms with van der Waals surface area (Å²) in [6.45, 7) is 14.2. The monoisotopic (exact) mass is 1380 g/mol. The lowest BCUT2D eigenvalue weighted by Gasteiger charge is -2.21. The molecule has 6 atom stereocenters. The zero-order chi connectivity index (χ0) is 69.6. The van der Waals surface area contributed by atoms with Gasteiger partial charge in [0.1, 0.15) is 19.3 Å². The van der Waals surface area contributed by atoms with Crippen molar-refractivity contribution in [3.63, 3.8) is 0 Å². The molecule has 3 unspecified atom stereocenters. The number of carbonyl (C=O) groups is 4. The number of hydrogen-bond acceptors (Lipinski definition) is 15. The molecule has 3 N–H and O–H groups in total. The highest BCUT2D eigenvalue weighted by atomic mass is 31.2. The molecule has 0 aromatic carbocycles. The van der Waals surface area contributed by atoms with E-state index in [2.05, 4.69) is 55.4 Å². The Labute approximate surface area is 575 Å². The predicted molar refractivity (Wildman–Crippen MR) is 381 cm³/mol. The molecule has 0 amide bonds. The second kappa shape index (κ2) is 64.4. The fraction of sp³-hybridized carbons (Fsp3) is 0.947. The lowest BCUT2D eigenvalue weighted by atomic mass is 9.99. The van der Waals surface area contributed by atoms with Crippen LogP contribution in [0, 0.1) is 23.7 Å². The van der Waals surface area contributed by atoms with E-state index in [9.17, 15) is 43.2 Å². The molecule has 0 aliphatic heterocycles. The Hall–Kier alpha value is -1.94. The Morgan fingerprint density at radius 1 is 0.298 bits per heavy atom. The molecule has 0 heterocycles. The third kappa shape index (κ3) is 67.3. The average Bonchev–Trinajstić information content (AvgIpc) is 1.07. The SMILES string of the molecule is CCC(C)CCCCCCCCCCC(=O)OC[C@H](COP(=O)(O)OC[C@@H](O)COP(=O)(O)OC[C@@H](COC(=O)CCCCCCCCC(C)C)OC(=O)CCCCCCCCCCCCCCCCC(C)C)OC(=O)CCCCCCCCCCCCCCCC(C)C. The number of ether oxygens (including phenoxy) is 4. The van der Waals surface area contributed by atoms with E-state index >= 15 is 0 Å². The van der Waals surface area contributed by atoms with E-state index in [1.807, 2.05) is 0 Å². The van der Waals surface area contributed by atoms with Crippen molar-refractivity contribution in [2.24, 2.45) is 23.7 Å². The van der Waals surface area contributed by atoms with Gasteiger partial charge in [0.05, 0.1) is 26.4 Å². The normalized spacial score (nSPS) is 14.4. The number of carbonyl (C=O) groups excluding carboxylic acids is 4. The number of phosphoric acid groups is 2. The highest BCUT2D eigenvalue weighted by molar-refractivity contribution is 7.47. The summed E-state index contributed by atoms with van der Waals surface area (Å²) in [4.78, 5) is 72.7. The van der Waals surface area contributed by atoms with Crippen LogP contribution in [-0.2, 0) is 65.4 Å². The first kappa shape index (κ1) is 92.1. The number of hydrogen-bond donors (Lipinski definition) is 3. The number of aliphatic hydroxyl groups is 1. The first-order valence-corrected chi connectivity index (χ1v) is 41.7. The predicted octanol–water partition coefficient (Wildman–Crippen LogP) is 21.7. The van der Waals surface area contributed by atoms with Crippen molar-refractivity contribution in [3.8, 4) is 0 Å². The molecule has 0 spiro atoms. The molecule has 0 saturated heterocycles. The Morgan fingerprint density at radius 3 is 0.755 bits per heavy atom. The average molecular weight is 1380 g/mol. The lowest BCUT2D eigenvalue weighted by molar-refractivity contribution is -0.161. The van der Waals surface area contributed by atoms with Crippen LogP contribution in [-0.4, -0.2) is 96.7 Å². The van der Waals surface area contributed by atoms with E-state index in [0.717, 1.165) is 114 Å². The van der Waals surface area contributed by atoms with Crippen LogP contribution in [0.2, 0.25) is 0 Å². The topological polar surface area (TPSA) is 237 Å². The van der Waals surface area contributed by atoms with Gasteiger partial charge in [-0.2, -0.15) is 0 Å². The Morgan fingerprint density at radius 2 is 0.511 bits per heavy atom. The van der Waals surface area contributed by atoms with E-state index in [0.29, 0.717) is 31.6 Å². The van der Waals surface area contributed by atoms with E-state index in [-0.39, 0.29) is 25.7 Å². The summed E-state index contributed by atoms with van der Waals surface area (Å²) in [5.41, 5.74) is 0. The largest absolute Gasteiger partial charge is 0.472 e. The molecule has 558 valence electrons. The molecule has 0 aliphatic carbocycles. The van der Waals surface area contributed by atoms with Crippen LogP contribution in [0.5, 0.6) is 0 Å². The van der Waals surface area contributed by atoms with E-state index in [1.165, 1.54) is 173 Å². The molecular weight excluding hydrogens is 1230 g/mol. The quantitative estimate of drug-likeness (QED) is 0.0222. The minimum Gasteiger partial charge on any atom is -0.462 e. The Kier molecular flexibility index (Phi) is 63.1. The maximum atomic E-state index is 13.1. The Balaban J connectivity index is 5.23. The summed E-state index contributed by atoms with van der Waals surface area (Å²) in [5.74, 6) is 0.915. The molecule has 0 aliphatic rings. The summed E-state index contributed by atoms with van der Waals surface area (Å²) in [6.07, 6.45) is 48.6. The van der Waals surface area contributed by atoms with Crippen molar-refractivity contribution in [2.45, 2.75) is 395 Å². The zero-order valence-electron chi connectivity index (χ0n) is 61.6. The van der Waals surface area contributed by atoms with Crippen LogP contribution >= 0.6 is 15.6 Å². The highest BCUT2D eigenvalue weighted by Crippen LogP contribution is 2.45. The second-order valence-electron chi connectivity index (χ2n) is 28.7. The fourth-order valence-electron chi connectivity index (χ4n) is 11.3. The van der Waals surface area contributed by atoms with Gasteiger partial charge in [-0.3, -0.25) is 37.3 Å². The summed E-state index contributed by atoms with van der Waals surface area (Å²) in [6, 6.07) is 0. The van der Waals surface area contributed by atoms with Crippen molar-refractivity contribution >= 4 is 39.5 Å². The van der Waals surface area contributed by atoms with E-state index < -0.39 is 97.5 Å². The van der Waals surface area contributed by atoms with Crippen LogP contribution in [0.15, 0.2) is 0 Å². The molecular formula is C75H146O17P2. The molecule has 0 fully saturated rings. The molecule has 0 radical (unpaired) electrons. The maximum Gasteiger partial charge on any atom is 0.472 e. The molecule has 0 rings (SSSR count). The zero-order valence-corrected chi connectivity index (χ0v) is 63.4. The van der Waals surface area contributed by atoms with Crippen LogP contribution < -0.4 is 0 Å². The lowest BCUT2D eigenvalue weighted by Crippen LogP contribution is -2.30. The summed E-state index contributed by atoms with van der Waals surface area (Å²) in [7, 11) is -9.91. The van der Waals surface area contributed by atoms with Crippen LogP contribution in [0.1, 0.15) is 376 Å². The molecule has 17 nitrogen and oxygen atoms in total. The summed E-state index contributed by atoms with van der Waals surface area (Å²) < 4.78 is 68.5. The van der Waals surface area contributed by atoms with Crippen molar-refractivity contribution < 1.29 is 80.2 Å². The van der Waals surface area contributed by atoms with Gasteiger partial charge in [-0.25, -0.2) is 9.13 Å². The van der Waals surface area contributed by atoms with Gasteiger partial charge in [-0.15, -0.1) is 0 Å². The van der Waals surface area contributed by atoms with Crippen molar-refractivity contribution in [1.29, 1.82) is 0 Å². The first-order valence-electron chi connectivity index (χ1n) is 38.7. The van der Waals surface area contributed by atoms with E-state index in [4.69, 9.17) is 37.0 Å². The number of esters is 4. The first-order chi connectivity index (χ1) is 45.1. The van der Waals surface area contributed by atoms with Crippen LogP contribution in [0.4, 0.5) is 0 Å². The standard InChI is InChI=1S/C75H146O17P2/c1-9-68(8)54-46-38-29-25-26-30-39-47-55-72(77)85-61-70(91-74(79)58-50-42-32-24-20-16-12-14-18-22-28-36-44-52-66(4)5)63-89-93(81,82)87-59-69(76)60-88-94(83,84)90-64-71(62-86-73(78)56-48-40-34-33-37-45-53-67(6)7)92-75(80)57-49-41-31-23-19-15-11-10-13-17-21-27-35-43-51-65(2)3/h65-71,76H,9-64H2,1-8H3,(H,81,82)(H,83,84)/t68?,69-,70-,71-/m1/s1.